The van der Waals surface area contributed by atoms with Crippen molar-refractivity contribution in [3.05, 3.63) is 62.8 Å². The van der Waals surface area contributed by atoms with Crippen LogP contribution in [-0.2, 0) is 6.54 Å². The minimum atomic E-state index is -0.198. The fourth-order valence-corrected chi connectivity index (χ4v) is 1.95. The third-order valence-corrected chi connectivity index (χ3v) is 3.51. The highest BCUT2D eigenvalue weighted by atomic mass is 35.5. The van der Waals surface area contributed by atoms with Crippen molar-refractivity contribution in [3.8, 4) is 0 Å². The molecule has 0 atom stereocenters. The SMILES string of the molecule is Cc1ncn(CCNC(=O)c2ccc(Cl)cc2)c(=O)c1C. The van der Waals surface area contributed by atoms with E-state index in [9.17, 15) is 9.59 Å². The topological polar surface area (TPSA) is 64.0 Å². The van der Waals surface area contributed by atoms with Crippen LogP contribution in [0.3, 0.4) is 0 Å². The number of amides is 1. The molecule has 0 bridgehead atoms. The van der Waals surface area contributed by atoms with Crippen molar-refractivity contribution in [2.45, 2.75) is 20.4 Å². The second-order valence-electron chi connectivity index (χ2n) is 4.72. The summed E-state index contributed by atoms with van der Waals surface area (Å²) in [7, 11) is 0. The molecular weight excluding hydrogens is 290 g/mol. The molecule has 21 heavy (non-hydrogen) atoms. The van der Waals surface area contributed by atoms with Crippen LogP contribution in [0.5, 0.6) is 0 Å². The van der Waals surface area contributed by atoms with Gasteiger partial charge in [-0.15, -0.1) is 0 Å². The summed E-state index contributed by atoms with van der Waals surface area (Å²) in [5.41, 5.74) is 1.80. The van der Waals surface area contributed by atoms with Crippen molar-refractivity contribution in [1.82, 2.24) is 14.9 Å². The fraction of sp³-hybridized carbons (Fsp3) is 0.267. The van der Waals surface area contributed by atoms with Gasteiger partial charge in [0.15, 0.2) is 0 Å². The van der Waals surface area contributed by atoms with Crippen LogP contribution in [0.25, 0.3) is 0 Å². The summed E-state index contributed by atoms with van der Waals surface area (Å²) in [6.45, 7) is 4.27. The van der Waals surface area contributed by atoms with Gasteiger partial charge in [-0.25, -0.2) is 4.98 Å². The van der Waals surface area contributed by atoms with Crippen LogP contribution in [0, 0.1) is 13.8 Å². The molecule has 2 aromatic rings. The summed E-state index contributed by atoms with van der Waals surface area (Å²) < 4.78 is 1.49. The van der Waals surface area contributed by atoms with Crippen LogP contribution in [-0.4, -0.2) is 22.0 Å². The summed E-state index contributed by atoms with van der Waals surface area (Å²) in [6, 6.07) is 6.63. The molecule has 5 nitrogen and oxygen atoms in total. The standard InChI is InChI=1S/C15H16ClN3O2/c1-10-11(2)18-9-19(15(10)21)8-7-17-14(20)12-3-5-13(16)6-4-12/h3-6,9H,7-8H2,1-2H3,(H,17,20). The Hall–Kier alpha value is -2.14. The Morgan fingerprint density at radius 1 is 1.29 bits per heavy atom. The van der Waals surface area contributed by atoms with Crippen molar-refractivity contribution in [1.29, 1.82) is 0 Å². The van der Waals surface area contributed by atoms with Crippen LogP contribution >= 0.6 is 11.6 Å². The van der Waals surface area contributed by atoms with Gasteiger partial charge in [-0.3, -0.25) is 14.2 Å². The van der Waals surface area contributed by atoms with E-state index in [1.54, 1.807) is 38.1 Å². The number of benzene rings is 1. The minimum Gasteiger partial charge on any atom is -0.350 e. The second kappa shape index (κ2) is 6.54. The maximum absolute atomic E-state index is 12.0. The molecule has 1 aromatic carbocycles. The van der Waals surface area contributed by atoms with E-state index < -0.39 is 0 Å². The molecule has 0 saturated heterocycles. The number of aryl methyl sites for hydroxylation is 1. The molecule has 0 saturated carbocycles. The highest BCUT2D eigenvalue weighted by Crippen LogP contribution is 2.09. The van der Waals surface area contributed by atoms with Crippen LogP contribution in [0.2, 0.25) is 5.02 Å². The first-order valence-electron chi connectivity index (χ1n) is 6.55. The van der Waals surface area contributed by atoms with E-state index in [-0.39, 0.29) is 11.5 Å². The Labute approximate surface area is 127 Å². The van der Waals surface area contributed by atoms with Crippen molar-refractivity contribution < 1.29 is 4.79 Å². The zero-order chi connectivity index (χ0) is 15.4. The van der Waals surface area contributed by atoms with Gasteiger partial charge < -0.3 is 5.32 Å². The lowest BCUT2D eigenvalue weighted by Gasteiger charge is -2.09. The van der Waals surface area contributed by atoms with Crippen LogP contribution in [0.1, 0.15) is 21.6 Å². The molecular formula is C15H16ClN3O2. The normalized spacial score (nSPS) is 10.4. The Bertz CT molecular complexity index is 708. The van der Waals surface area contributed by atoms with E-state index in [0.717, 1.165) is 5.69 Å². The lowest BCUT2D eigenvalue weighted by Crippen LogP contribution is -2.32. The molecule has 1 N–H and O–H groups in total. The van der Waals surface area contributed by atoms with Crippen molar-refractivity contribution in [2.24, 2.45) is 0 Å². The first-order valence-corrected chi connectivity index (χ1v) is 6.93. The summed E-state index contributed by atoms with van der Waals surface area (Å²) in [5.74, 6) is -0.198. The van der Waals surface area contributed by atoms with Gasteiger partial charge in [-0.1, -0.05) is 11.6 Å². The number of rotatable bonds is 4. The number of halogens is 1. The van der Waals surface area contributed by atoms with Gasteiger partial charge in [0, 0.05) is 34.9 Å². The molecule has 0 aliphatic carbocycles. The molecule has 110 valence electrons. The molecule has 0 aliphatic rings. The van der Waals surface area contributed by atoms with Gasteiger partial charge in [0.1, 0.15) is 0 Å². The molecule has 0 aliphatic heterocycles. The number of nitrogens with one attached hydrogen (secondary N) is 1. The van der Waals surface area contributed by atoms with E-state index >= 15 is 0 Å². The summed E-state index contributed by atoms with van der Waals surface area (Å²) in [5, 5.41) is 3.34. The van der Waals surface area contributed by atoms with Crippen LogP contribution < -0.4 is 10.9 Å². The van der Waals surface area contributed by atoms with Gasteiger partial charge in [0.05, 0.1) is 6.33 Å². The van der Waals surface area contributed by atoms with Gasteiger partial charge in [-0.2, -0.15) is 0 Å². The summed E-state index contributed by atoms with van der Waals surface area (Å²) >= 11 is 5.77. The lowest BCUT2D eigenvalue weighted by molar-refractivity contribution is 0.0952. The molecule has 1 heterocycles. The number of carbonyl (C=O) groups excluding carboxylic acids is 1. The average Bonchev–Trinajstić information content (AvgIpc) is 2.48. The number of hydrogen-bond acceptors (Lipinski definition) is 3. The van der Waals surface area contributed by atoms with Gasteiger partial charge >= 0.3 is 0 Å². The largest absolute Gasteiger partial charge is 0.350 e. The molecule has 0 unspecified atom stereocenters. The minimum absolute atomic E-state index is 0.0803. The van der Waals surface area contributed by atoms with E-state index in [1.165, 1.54) is 10.9 Å². The van der Waals surface area contributed by atoms with Gasteiger partial charge in [0.2, 0.25) is 0 Å². The van der Waals surface area contributed by atoms with E-state index in [4.69, 9.17) is 11.6 Å². The number of aromatic nitrogens is 2. The van der Waals surface area contributed by atoms with Crippen molar-refractivity contribution >= 4 is 17.5 Å². The third kappa shape index (κ3) is 3.70. The zero-order valence-electron chi connectivity index (χ0n) is 11.9. The molecule has 1 aromatic heterocycles. The maximum Gasteiger partial charge on any atom is 0.256 e. The fourth-order valence-electron chi connectivity index (χ4n) is 1.83. The van der Waals surface area contributed by atoms with Gasteiger partial charge in [0.25, 0.3) is 11.5 Å². The molecule has 6 heteroatoms. The monoisotopic (exact) mass is 305 g/mol. The van der Waals surface area contributed by atoms with E-state index in [0.29, 0.717) is 29.2 Å². The first kappa shape index (κ1) is 15.3. The molecule has 0 radical (unpaired) electrons. The Morgan fingerprint density at radius 2 is 1.95 bits per heavy atom. The predicted octanol–water partition coefficient (Wildman–Crippen LogP) is 1.94. The molecule has 0 spiro atoms. The Kier molecular flexibility index (Phi) is 4.75. The molecule has 2 rings (SSSR count). The van der Waals surface area contributed by atoms with E-state index in [1.807, 2.05) is 0 Å². The molecule has 1 amide bonds. The summed E-state index contributed by atoms with van der Waals surface area (Å²) in [6.07, 6.45) is 1.50. The number of carbonyl (C=O) groups is 1. The van der Waals surface area contributed by atoms with Gasteiger partial charge in [-0.05, 0) is 38.1 Å². The smallest absolute Gasteiger partial charge is 0.256 e. The highest BCUT2D eigenvalue weighted by Gasteiger charge is 2.06. The van der Waals surface area contributed by atoms with E-state index in [2.05, 4.69) is 10.3 Å². The van der Waals surface area contributed by atoms with Crippen LogP contribution in [0.4, 0.5) is 0 Å². The quantitative estimate of drug-likeness (QED) is 0.939. The highest BCUT2D eigenvalue weighted by molar-refractivity contribution is 6.30. The number of hydrogen-bond donors (Lipinski definition) is 1. The maximum atomic E-state index is 12.0. The lowest BCUT2D eigenvalue weighted by atomic mass is 10.2. The Balaban J connectivity index is 1.96. The summed E-state index contributed by atoms with van der Waals surface area (Å²) in [4.78, 5) is 28.0. The first-order chi connectivity index (χ1) is 9.99. The average molecular weight is 306 g/mol. The third-order valence-electron chi connectivity index (χ3n) is 3.26. The van der Waals surface area contributed by atoms with Crippen molar-refractivity contribution in [2.75, 3.05) is 6.54 Å². The van der Waals surface area contributed by atoms with Crippen LogP contribution in [0.15, 0.2) is 35.4 Å². The second-order valence-corrected chi connectivity index (χ2v) is 5.15. The zero-order valence-corrected chi connectivity index (χ0v) is 12.6. The Morgan fingerprint density at radius 3 is 2.62 bits per heavy atom. The predicted molar refractivity (Wildman–Crippen MR) is 81.8 cm³/mol. The number of nitrogens with zero attached hydrogens (tertiary/aromatic N) is 2. The van der Waals surface area contributed by atoms with Crippen molar-refractivity contribution in [3.63, 3.8) is 0 Å². The molecule has 0 fully saturated rings.